The highest BCUT2D eigenvalue weighted by atomic mass is 79.9. The molecule has 0 aliphatic carbocycles. The molecule has 0 saturated heterocycles. The van der Waals surface area contributed by atoms with Gasteiger partial charge in [0.05, 0.1) is 19.0 Å². The topological polar surface area (TPSA) is 93.5 Å². The number of aliphatic hydroxyl groups is 1. The van der Waals surface area contributed by atoms with Crippen molar-refractivity contribution in [3.05, 3.63) is 21.0 Å². The summed E-state index contributed by atoms with van der Waals surface area (Å²) in [5, 5.41) is 16.0. The van der Waals surface area contributed by atoms with Crippen LogP contribution in [0, 0.1) is 0 Å². The van der Waals surface area contributed by atoms with Crippen LogP contribution >= 0.6 is 15.9 Å². The summed E-state index contributed by atoms with van der Waals surface area (Å²) in [6.45, 7) is 3.59. The Morgan fingerprint density at radius 3 is 2.80 bits per heavy atom. The Morgan fingerprint density at radius 1 is 1.60 bits per heavy atom. The lowest BCUT2D eigenvalue weighted by Crippen LogP contribution is -2.34. The number of esters is 1. The molecule has 0 radical (unpaired) electrons. The highest BCUT2D eigenvalue weighted by Gasteiger charge is 2.20. The summed E-state index contributed by atoms with van der Waals surface area (Å²) in [5.74, 6) is -0.548. The number of rotatable bonds is 6. The Balaban J connectivity index is 3.00. The second-order valence-electron chi connectivity index (χ2n) is 4.89. The minimum atomic E-state index is -0.548. The van der Waals surface area contributed by atoms with Gasteiger partial charge in [-0.15, -0.1) is 0 Å². The smallest absolute Gasteiger partial charge is 0.327 e. The number of aliphatic hydroxyl groups excluding tert-OH is 1. The van der Waals surface area contributed by atoms with Gasteiger partial charge in [0.15, 0.2) is 0 Å². The lowest BCUT2D eigenvalue weighted by molar-refractivity contribution is -0.141. The monoisotopic (exact) mass is 347 g/mol. The van der Waals surface area contributed by atoms with E-state index in [0.717, 1.165) is 4.68 Å². The Kier molecular flexibility index (Phi) is 5.70. The van der Waals surface area contributed by atoms with Crippen molar-refractivity contribution in [2.45, 2.75) is 32.4 Å². The Bertz CT molecular complexity index is 542. The molecule has 8 heteroatoms. The van der Waals surface area contributed by atoms with Crippen molar-refractivity contribution in [2.24, 2.45) is 0 Å². The van der Waals surface area contributed by atoms with Gasteiger partial charge in [0, 0.05) is 12.1 Å². The van der Waals surface area contributed by atoms with Crippen molar-refractivity contribution < 1.29 is 14.6 Å². The molecule has 0 aliphatic heterocycles. The maximum absolute atomic E-state index is 12.0. The maximum Gasteiger partial charge on any atom is 0.327 e. The molecule has 0 bridgehead atoms. The third-order valence-corrected chi connectivity index (χ3v) is 3.47. The summed E-state index contributed by atoms with van der Waals surface area (Å²) >= 11 is 3.20. The summed E-state index contributed by atoms with van der Waals surface area (Å²) in [6, 6.07) is 0. The van der Waals surface area contributed by atoms with Gasteiger partial charge in [-0.1, -0.05) is 0 Å². The quantitative estimate of drug-likeness (QED) is 0.737. The molecular weight excluding hydrogens is 330 g/mol. The zero-order valence-electron chi connectivity index (χ0n) is 11.6. The number of ether oxygens (including phenoxy) is 1. The highest BCUT2D eigenvalue weighted by molar-refractivity contribution is 9.10. The first-order chi connectivity index (χ1) is 9.30. The van der Waals surface area contributed by atoms with Crippen LogP contribution in [0.5, 0.6) is 0 Å². The lowest BCUT2D eigenvalue weighted by Gasteiger charge is -2.27. The largest absolute Gasteiger partial charge is 0.468 e. The van der Waals surface area contributed by atoms with Gasteiger partial charge in [-0.05, 0) is 36.2 Å². The van der Waals surface area contributed by atoms with Crippen molar-refractivity contribution in [3.8, 4) is 0 Å². The van der Waals surface area contributed by atoms with Gasteiger partial charge in [0.2, 0.25) is 0 Å². The summed E-state index contributed by atoms with van der Waals surface area (Å²) in [7, 11) is 1.25. The molecule has 0 atom stereocenters. The van der Waals surface area contributed by atoms with Crippen LogP contribution in [0.1, 0.15) is 20.3 Å². The van der Waals surface area contributed by atoms with Crippen molar-refractivity contribution in [3.63, 3.8) is 0 Å². The normalized spacial score (nSPS) is 11.2. The van der Waals surface area contributed by atoms with E-state index in [1.54, 1.807) is 0 Å². The molecule has 0 saturated carbocycles. The number of hydrogen-bond donors (Lipinski definition) is 2. The predicted octanol–water partition coefficient (Wildman–Crippen LogP) is 0.752. The first kappa shape index (κ1) is 16.6. The number of nitrogens with one attached hydrogen (secondary N) is 1. The molecule has 1 aromatic rings. The van der Waals surface area contributed by atoms with E-state index in [0.29, 0.717) is 12.1 Å². The third-order valence-electron chi connectivity index (χ3n) is 2.70. The van der Waals surface area contributed by atoms with Crippen molar-refractivity contribution in [1.29, 1.82) is 0 Å². The average Bonchev–Trinajstić information content (AvgIpc) is 2.38. The molecule has 7 nitrogen and oxygen atoms in total. The molecule has 0 amide bonds. The summed E-state index contributed by atoms with van der Waals surface area (Å²) < 4.78 is 5.79. The number of halogens is 1. The van der Waals surface area contributed by atoms with Crippen LogP contribution in [0.3, 0.4) is 0 Å². The molecule has 112 valence electrons. The maximum atomic E-state index is 12.0. The van der Waals surface area contributed by atoms with Gasteiger partial charge in [-0.2, -0.15) is 5.10 Å². The summed E-state index contributed by atoms with van der Waals surface area (Å²) in [6.07, 6.45) is 1.97. The number of carbonyl (C=O) groups is 1. The Morgan fingerprint density at radius 2 is 2.25 bits per heavy atom. The van der Waals surface area contributed by atoms with Crippen LogP contribution in [0.4, 0.5) is 5.69 Å². The van der Waals surface area contributed by atoms with Gasteiger partial charge >= 0.3 is 5.97 Å². The van der Waals surface area contributed by atoms with E-state index in [1.165, 1.54) is 13.3 Å². The van der Waals surface area contributed by atoms with Crippen molar-refractivity contribution in [2.75, 3.05) is 19.0 Å². The van der Waals surface area contributed by atoms with E-state index >= 15 is 0 Å². The van der Waals surface area contributed by atoms with Crippen LogP contribution in [0.2, 0.25) is 0 Å². The van der Waals surface area contributed by atoms with Crippen LogP contribution < -0.4 is 10.9 Å². The fourth-order valence-electron chi connectivity index (χ4n) is 1.56. The van der Waals surface area contributed by atoms with Gasteiger partial charge in [0.25, 0.3) is 5.56 Å². The molecule has 1 heterocycles. The minimum Gasteiger partial charge on any atom is -0.468 e. The molecule has 0 spiro atoms. The van der Waals surface area contributed by atoms with E-state index in [2.05, 4.69) is 31.1 Å². The number of hydrogen-bond acceptors (Lipinski definition) is 6. The number of carbonyl (C=O) groups excluding carboxylic acids is 1. The van der Waals surface area contributed by atoms with Gasteiger partial charge in [-0.3, -0.25) is 9.59 Å². The molecule has 1 aromatic heterocycles. The molecule has 20 heavy (non-hydrogen) atoms. The van der Waals surface area contributed by atoms with Gasteiger partial charge in [-0.25, -0.2) is 4.68 Å². The zero-order chi connectivity index (χ0) is 15.3. The van der Waals surface area contributed by atoms with Crippen LogP contribution in [-0.4, -0.2) is 40.1 Å². The fourth-order valence-corrected chi connectivity index (χ4v) is 1.96. The van der Waals surface area contributed by atoms with Crippen molar-refractivity contribution in [1.82, 2.24) is 9.78 Å². The molecule has 1 rings (SSSR count). The summed E-state index contributed by atoms with van der Waals surface area (Å²) in [4.78, 5) is 23.2. The molecule has 0 aliphatic rings. The van der Waals surface area contributed by atoms with Crippen LogP contribution in [0.25, 0.3) is 0 Å². The third kappa shape index (κ3) is 4.31. The lowest BCUT2D eigenvalue weighted by atomic mass is 10.0. The SMILES string of the molecule is COC(=O)Cn1ncc(NC(C)(C)CCO)c(Br)c1=O. The van der Waals surface area contributed by atoms with Crippen molar-refractivity contribution >= 4 is 27.6 Å². The van der Waals surface area contributed by atoms with E-state index in [4.69, 9.17) is 5.11 Å². The van der Waals surface area contributed by atoms with Crippen LogP contribution in [0.15, 0.2) is 15.5 Å². The Labute approximate surface area is 125 Å². The number of methoxy groups -OCH3 is 1. The van der Waals surface area contributed by atoms with E-state index in [1.807, 2.05) is 13.8 Å². The van der Waals surface area contributed by atoms with Gasteiger partial charge < -0.3 is 15.2 Å². The highest BCUT2D eigenvalue weighted by Crippen LogP contribution is 2.22. The minimum absolute atomic E-state index is 0.0322. The summed E-state index contributed by atoms with van der Waals surface area (Å²) in [5.41, 5.74) is -0.310. The second-order valence-corrected chi connectivity index (χ2v) is 5.69. The average molecular weight is 348 g/mol. The van der Waals surface area contributed by atoms with E-state index < -0.39 is 11.5 Å². The molecule has 0 unspecified atom stereocenters. The standard InChI is InChI=1S/C12H18BrN3O4/c1-12(2,4-5-17)15-8-6-14-16(7-9(18)20-3)11(19)10(8)13/h6,15,17H,4-5,7H2,1-3H3. The fraction of sp³-hybridized carbons (Fsp3) is 0.583. The van der Waals surface area contributed by atoms with Crippen LogP contribution in [-0.2, 0) is 16.1 Å². The molecule has 0 aromatic carbocycles. The number of aromatic nitrogens is 2. The zero-order valence-corrected chi connectivity index (χ0v) is 13.2. The predicted molar refractivity (Wildman–Crippen MR) is 77.6 cm³/mol. The number of anilines is 1. The van der Waals surface area contributed by atoms with E-state index in [9.17, 15) is 9.59 Å². The number of nitrogens with zero attached hydrogens (tertiary/aromatic N) is 2. The first-order valence-electron chi connectivity index (χ1n) is 6.02. The Hall–Kier alpha value is -1.41. The molecule has 0 fully saturated rings. The second kappa shape index (κ2) is 6.85. The molecular formula is C12H18BrN3O4. The molecule has 2 N–H and O–H groups in total. The first-order valence-corrected chi connectivity index (χ1v) is 6.81. The van der Waals surface area contributed by atoms with E-state index in [-0.39, 0.29) is 23.2 Å². The van der Waals surface area contributed by atoms with Gasteiger partial charge in [0.1, 0.15) is 11.0 Å².